The summed E-state index contributed by atoms with van der Waals surface area (Å²) in [6.07, 6.45) is 0.153. The highest BCUT2D eigenvalue weighted by Gasteiger charge is 2.36. The van der Waals surface area contributed by atoms with E-state index >= 15 is 0 Å². The van der Waals surface area contributed by atoms with E-state index in [4.69, 9.17) is 23.2 Å². The molecule has 1 N–H and O–H groups in total. The molecule has 0 aliphatic carbocycles. The number of hydrogen-bond donors (Lipinski definition) is 1. The summed E-state index contributed by atoms with van der Waals surface area (Å²) in [4.78, 5) is 26.3. The van der Waals surface area contributed by atoms with Crippen molar-refractivity contribution in [3.8, 4) is 0 Å². The lowest BCUT2D eigenvalue weighted by atomic mass is 10.1. The average Bonchev–Trinajstić information content (AvgIpc) is 2.94. The van der Waals surface area contributed by atoms with Crippen molar-refractivity contribution in [2.24, 2.45) is 5.92 Å². The van der Waals surface area contributed by atoms with Gasteiger partial charge in [-0.05, 0) is 36.8 Å². The third kappa shape index (κ3) is 3.40. The molecule has 1 heterocycles. The van der Waals surface area contributed by atoms with Gasteiger partial charge in [0.2, 0.25) is 11.8 Å². The maximum Gasteiger partial charge on any atom is 0.229 e. The summed E-state index contributed by atoms with van der Waals surface area (Å²) in [7, 11) is 0. The molecule has 1 atom stereocenters. The molecule has 0 bridgehead atoms. The van der Waals surface area contributed by atoms with Gasteiger partial charge in [0.25, 0.3) is 0 Å². The quantitative estimate of drug-likeness (QED) is 0.884. The molecule has 0 spiro atoms. The highest BCUT2D eigenvalue weighted by molar-refractivity contribution is 6.36. The van der Waals surface area contributed by atoms with Gasteiger partial charge < -0.3 is 10.2 Å². The topological polar surface area (TPSA) is 49.4 Å². The summed E-state index contributed by atoms with van der Waals surface area (Å²) in [5, 5.41) is 3.83. The first-order chi connectivity index (χ1) is 11.5. The zero-order chi connectivity index (χ0) is 17.3. The molecule has 1 aliphatic rings. The maximum atomic E-state index is 12.5. The van der Waals surface area contributed by atoms with Gasteiger partial charge in [-0.1, -0.05) is 41.4 Å². The normalized spacial score (nSPS) is 17.2. The molecule has 1 fully saturated rings. The number of carbonyl (C=O) groups is 2. The Balaban J connectivity index is 1.76. The average molecular weight is 363 g/mol. The molecule has 0 aromatic heterocycles. The van der Waals surface area contributed by atoms with Crippen LogP contribution in [-0.2, 0) is 9.59 Å². The number of hydrogen-bond acceptors (Lipinski definition) is 2. The van der Waals surface area contributed by atoms with Crippen LogP contribution in [0.2, 0.25) is 10.0 Å². The zero-order valence-corrected chi connectivity index (χ0v) is 14.6. The number of anilines is 2. The number of halogens is 2. The van der Waals surface area contributed by atoms with Crippen molar-refractivity contribution in [3.05, 3.63) is 58.1 Å². The fraction of sp³-hybridized carbons (Fsp3) is 0.222. The van der Waals surface area contributed by atoms with Crippen LogP contribution in [0.3, 0.4) is 0 Å². The first kappa shape index (κ1) is 16.8. The van der Waals surface area contributed by atoms with Crippen LogP contribution < -0.4 is 10.2 Å². The number of carbonyl (C=O) groups excluding carboxylic acids is 2. The van der Waals surface area contributed by atoms with Crippen LogP contribution in [0.5, 0.6) is 0 Å². The molecule has 1 saturated heterocycles. The predicted molar refractivity (Wildman–Crippen MR) is 96.7 cm³/mol. The summed E-state index contributed by atoms with van der Waals surface area (Å²) < 4.78 is 0. The van der Waals surface area contributed by atoms with Gasteiger partial charge in [0.1, 0.15) is 0 Å². The first-order valence-corrected chi connectivity index (χ1v) is 8.33. The standard InChI is InChI=1S/C18H16Cl2N2O2/c1-11-4-2-3-5-15(11)21-18(24)12-8-17(23)22(10-12)16-9-13(19)6-7-14(16)20/h2-7,9,12H,8,10H2,1H3,(H,21,24)/t12-/m0/s1. The fourth-order valence-corrected chi connectivity index (χ4v) is 3.14. The summed E-state index contributed by atoms with van der Waals surface area (Å²) >= 11 is 12.2. The van der Waals surface area contributed by atoms with Gasteiger partial charge in [0.05, 0.1) is 16.6 Å². The van der Waals surface area contributed by atoms with Gasteiger partial charge >= 0.3 is 0 Å². The maximum absolute atomic E-state index is 12.5. The van der Waals surface area contributed by atoms with Gasteiger partial charge in [-0.15, -0.1) is 0 Å². The summed E-state index contributed by atoms with van der Waals surface area (Å²) in [5.74, 6) is -0.727. The number of amides is 2. The molecule has 24 heavy (non-hydrogen) atoms. The van der Waals surface area contributed by atoms with Crippen molar-refractivity contribution in [1.82, 2.24) is 0 Å². The Hall–Kier alpha value is -2.04. The minimum atomic E-state index is -0.424. The van der Waals surface area contributed by atoms with Crippen molar-refractivity contribution in [2.75, 3.05) is 16.8 Å². The van der Waals surface area contributed by atoms with Crippen LogP contribution in [0.4, 0.5) is 11.4 Å². The third-order valence-corrected chi connectivity index (χ3v) is 4.65. The predicted octanol–water partition coefficient (Wildman–Crippen LogP) is 4.29. The lowest BCUT2D eigenvalue weighted by molar-refractivity contribution is -0.122. The molecule has 0 saturated carbocycles. The van der Waals surface area contributed by atoms with Gasteiger partial charge in [-0.2, -0.15) is 0 Å². The molecule has 6 heteroatoms. The van der Waals surface area contributed by atoms with Gasteiger partial charge in [-0.3, -0.25) is 9.59 Å². The highest BCUT2D eigenvalue weighted by Crippen LogP contribution is 2.33. The molecule has 0 radical (unpaired) electrons. The lowest BCUT2D eigenvalue weighted by Gasteiger charge is -2.18. The third-order valence-electron chi connectivity index (χ3n) is 4.10. The van der Waals surface area contributed by atoms with Crippen LogP contribution in [0, 0.1) is 12.8 Å². The molecule has 3 rings (SSSR count). The van der Waals surface area contributed by atoms with Crippen molar-refractivity contribution in [3.63, 3.8) is 0 Å². The van der Waals surface area contributed by atoms with E-state index in [2.05, 4.69) is 5.32 Å². The van der Waals surface area contributed by atoms with Crippen LogP contribution in [-0.4, -0.2) is 18.4 Å². The minimum absolute atomic E-state index is 0.135. The second-order valence-electron chi connectivity index (χ2n) is 5.81. The monoisotopic (exact) mass is 362 g/mol. The number of para-hydroxylation sites is 1. The Labute approximate surface area is 150 Å². The van der Waals surface area contributed by atoms with Crippen molar-refractivity contribution in [1.29, 1.82) is 0 Å². The zero-order valence-electron chi connectivity index (χ0n) is 13.1. The van der Waals surface area contributed by atoms with Crippen LogP contribution in [0.1, 0.15) is 12.0 Å². The smallest absolute Gasteiger partial charge is 0.229 e. The number of nitrogens with one attached hydrogen (secondary N) is 1. The van der Waals surface area contributed by atoms with Gasteiger partial charge in [-0.25, -0.2) is 0 Å². The van der Waals surface area contributed by atoms with Crippen molar-refractivity contribution < 1.29 is 9.59 Å². The Kier molecular flexibility index (Phi) is 4.78. The molecular weight excluding hydrogens is 347 g/mol. The van der Waals surface area contributed by atoms with E-state index in [0.717, 1.165) is 11.3 Å². The largest absolute Gasteiger partial charge is 0.326 e. The fourth-order valence-electron chi connectivity index (χ4n) is 2.76. The van der Waals surface area contributed by atoms with E-state index in [1.165, 1.54) is 4.90 Å². The van der Waals surface area contributed by atoms with Crippen molar-refractivity contribution in [2.45, 2.75) is 13.3 Å². The molecule has 0 unspecified atom stereocenters. The second kappa shape index (κ2) is 6.83. The molecule has 2 aromatic rings. The summed E-state index contributed by atoms with van der Waals surface area (Å²) in [6.45, 7) is 2.21. The van der Waals surface area contributed by atoms with E-state index in [1.807, 2.05) is 31.2 Å². The molecule has 4 nitrogen and oxygen atoms in total. The molecule has 1 aliphatic heterocycles. The summed E-state index contributed by atoms with van der Waals surface area (Å²) in [5.41, 5.74) is 2.28. The number of nitrogens with zero attached hydrogens (tertiary/aromatic N) is 1. The molecule has 124 valence electrons. The summed E-state index contributed by atoms with van der Waals surface area (Å²) in [6, 6.07) is 12.5. The van der Waals surface area contributed by atoms with E-state index in [-0.39, 0.29) is 24.8 Å². The van der Waals surface area contributed by atoms with E-state index in [0.29, 0.717) is 15.7 Å². The highest BCUT2D eigenvalue weighted by atomic mass is 35.5. The first-order valence-electron chi connectivity index (χ1n) is 7.57. The number of benzene rings is 2. The van der Waals surface area contributed by atoms with Gasteiger partial charge in [0.15, 0.2) is 0 Å². The second-order valence-corrected chi connectivity index (χ2v) is 6.65. The van der Waals surface area contributed by atoms with Crippen LogP contribution in [0.15, 0.2) is 42.5 Å². The van der Waals surface area contributed by atoms with Crippen LogP contribution in [0.25, 0.3) is 0 Å². The Morgan fingerprint density at radius 3 is 2.71 bits per heavy atom. The Bertz CT molecular complexity index is 807. The van der Waals surface area contributed by atoms with E-state index in [1.54, 1.807) is 18.2 Å². The van der Waals surface area contributed by atoms with E-state index in [9.17, 15) is 9.59 Å². The number of rotatable bonds is 3. The SMILES string of the molecule is Cc1ccccc1NC(=O)[C@H]1CC(=O)N(c2cc(Cl)ccc2Cl)C1. The molecule has 2 aromatic carbocycles. The van der Waals surface area contributed by atoms with Crippen LogP contribution >= 0.6 is 23.2 Å². The Morgan fingerprint density at radius 2 is 1.96 bits per heavy atom. The molecular formula is C18H16Cl2N2O2. The minimum Gasteiger partial charge on any atom is -0.326 e. The van der Waals surface area contributed by atoms with E-state index < -0.39 is 5.92 Å². The lowest BCUT2D eigenvalue weighted by Crippen LogP contribution is -2.28. The Morgan fingerprint density at radius 1 is 1.21 bits per heavy atom. The van der Waals surface area contributed by atoms with Gasteiger partial charge in [0, 0.05) is 23.7 Å². The molecule has 2 amide bonds. The van der Waals surface area contributed by atoms with Crippen molar-refractivity contribution >= 4 is 46.4 Å². The number of aryl methyl sites for hydroxylation is 1.